The quantitative estimate of drug-likeness (QED) is 0.285. The lowest BCUT2D eigenvalue weighted by Crippen LogP contribution is -2.39. The maximum atomic E-state index is 13.9. The van der Waals surface area contributed by atoms with E-state index in [0.29, 0.717) is 19.6 Å². The lowest BCUT2D eigenvalue weighted by Gasteiger charge is -2.27. The summed E-state index contributed by atoms with van der Waals surface area (Å²) in [6, 6.07) is 3.03. The topological polar surface area (TPSA) is 64.1 Å². The van der Waals surface area contributed by atoms with Gasteiger partial charge in [0.1, 0.15) is 11.6 Å². The first-order chi connectivity index (χ1) is 14.2. The van der Waals surface area contributed by atoms with E-state index in [-0.39, 0.29) is 42.0 Å². The molecule has 0 amide bonds. The number of guanidine groups is 1. The minimum Gasteiger partial charge on any atom is -0.467 e. The van der Waals surface area contributed by atoms with Crippen molar-refractivity contribution in [2.45, 2.75) is 52.1 Å². The zero-order valence-electron chi connectivity index (χ0n) is 18.1. The van der Waals surface area contributed by atoms with Crippen LogP contribution in [-0.2, 0) is 22.5 Å². The molecule has 1 aliphatic carbocycles. The van der Waals surface area contributed by atoms with Gasteiger partial charge in [0.2, 0.25) is 0 Å². The smallest absolute Gasteiger partial charge is 0.191 e. The Labute approximate surface area is 196 Å². The highest BCUT2D eigenvalue weighted by molar-refractivity contribution is 14.0. The van der Waals surface area contributed by atoms with Gasteiger partial charge in [-0.2, -0.15) is 0 Å². The predicted octanol–water partition coefficient (Wildman–Crippen LogP) is 4.00. The summed E-state index contributed by atoms with van der Waals surface area (Å²) in [6.07, 6.45) is 6.69. The molecule has 0 atom stereocenters. The first-order valence-corrected chi connectivity index (χ1v) is 10.7. The molecule has 0 bridgehead atoms. The van der Waals surface area contributed by atoms with Gasteiger partial charge in [-0.15, -0.1) is 24.0 Å². The minimum atomic E-state index is -0.255. The molecule has 1 aliphatic heterocycles. The molecule has 6 nitrogen and oxygen atoms in total. The lowest BCUT2D eigenvalue weighted by molar-refractivity contribution is -0.0172. The third-order valence-electron chi connectivity index (χ3n) is 5.86. The molecule has 1 aromatic rings. The first-order valence-electron chi connectivity index (χ1n) is 10.7. The van der Waals surface area contributed by atoms with E-state index in [0.717, 1.165) is 49.0 Å². The largest absolute Gasteiger partial charge is 0.467 e. The lowest BCUT2D eigenvalue weighted by atomic mass is 9.83. The summed E-state index contributed by atoms with van der Waals surface area (Å²) in [5.41, 5.74) is 1.89. The minimum absolute atomic E-state index is 0. The molecule has 2 aliphatic rings. The fraction of sp³-hybridized carbons (Fsp3) is 0.682. The van der Waals surface area contributed by atoms with Crippen LogP contribution in [-0.4, -0.2) is 46.1 Å². The summed E-state index contributed by atoms with van der Waals surface area (Å²) in [6.45, 7) is 5.71. The molecule has 2 N–H and O–H groups in total. The number of nitrogens with one attached hydrogen (secondary N) is 2. The number of aliphatic imine (C=N–C) groups is 1. The van der Waals surface area contributed by atoms with Gasteiger partial charge in [-0.25, -0.2) is 4.39 Å². The van der Waals surface area contributed by atoms with Crippen LogP contribution < -0.4 is 15.4 Å². The van der Waals surface area contributed by atoms with E-state index in [1.54, 1.807) is 13.2 Å². The Hall–Kier alpha value is -1.13. The average molecular weight is 535 g/mol. The maximum Gasteiger partial charge on any atom is 0.191 e. The molecule has 1 aromatic carbocycles. The van der Waals surface area contributed by atoms with Crippen molar-refractivity contribution in [3.63, 3.8) is 0 Å². The van der Waals surface area contributed by atoms with Crippen molar-refractivity contribution in [2.24, 2.45) is 10.4 Å². The molecule has 0 spiro atoms. The van der Waals surface area contributed by atoms with Crippen molar-refractivity contribution >= 4 is 29.9 Å². The summed E-state index contributed by atoms with van der Waals surface area (Å²) in [5.74, 6) is 1.31. The van der Waals surface area contributed by atoms with Crippen molar-refractivity contribution in [3.05, 3.63) is 29.1 Å². The summed E-state index contributed by atoms with van der Waals surface area (Å²) < 4.78 is 30.1. The fourth-order valence-corrected chi connectivity index (χ4v) is 4.28. The second-order valence-electron chi connectivity index (χ2n) is 7.99. The van der Waals surface area contributed by atoms with Crippen molar-refractivity contribution in [1.29, 1.82) is 0 Å². The highest BCUT2D eigenvalue weighted by atomic mass is 127. The molecule has 0 aromatic heterocycles. The Morgan fingerprint density at radius 3 is 2.80 bits per heavy atom. The number of benzene rings is 1. The van der Waals surface area contributed by atoms with Gasteiger partial charge in [0, 0.05) is 38.9 Å². The number of nitrogens with zero attached hydrogens (tertiary/aromatic N) is 1. The number of halogens is 2. The summed E-state index contributed by atoms with van der Waals surface area (Å²) in [5, 5.41) is 6.71. The molecule has 0 saturated heterocycles. The van der Waals surface area contributed by atoms with Crippen molar-refractivity contribution in [3.8, 4) is 5.75 Å². The van der Waals surface area contributed by atoms with Gasteiger partial charge in [-0.05, 0) is 55.7 Å². The predicted molar refractivity (Wildman–Crippen MR) is 127 cm³/mol. The van der Waals surface area contributed by atoms with E-state index in [1.807, 2.05) is 0 Å². The Bertz CT molecular complexity index is 696. The van der Waals surface area contributed by atoms with Crippen LogP contribution in [0.3, 0.4) is 0 Å². The van der Waals surface area contributed by atoms with Gasteiger partial charge in [-0.3, -0.25) is 4.99 Å². The zero-order valence-corrected chi connectivity index (χ0v) is 20.4. The van der Waals surface area contributed by atoms with Gasteiger partial charge in [0.15, 0.2) is 12.8 Å². The van der Waals surface area contributed by atoms with Gasteiger partial charge < -0.3 is 24.8 Å². The van der Waals surface area contributed by atoms with Crippen LogP contribution >= 0.6 is 24.0 Å². The second kappa shape index (κ2) is 12.7. The van der Waals surface area contributed by atoms with Crippen LogP contribution in [0.15, 0.2) is 17.1 Å². The Morgan fingerprint density at radius 2 is 2.07 bits per heavy atom. The molecule has 1 fully saturated rings. The molecule has 8 heteroatoms. The number of methoxy groups -OCH3 is 1. The molecule has 1 saturated carbocycles. The second-order valence-corrected chi connectivity index (χ2v) is 7.99. The molecule has 30 heavy (non-hydrogen) atoms. The third kappa shape index (κ3) is 6.95. The van der Waals surface area contributed by atoms with Crippen molar-refractivity contribution in [2.75, 3.05) is 40.1 Å². The van der Waals surface area contributed by atoms with Crippen LogP contribution in [0.4, 0.5) is 4.39 Å². The Kier molecular flexibility index (Phi) is 10.6. The fourth-order valence-electron chi connectivity index (χ4n) is 4.28. The van der Waals surface area contributed by atoms with Gasteiger partial charge in [0.25, 0.3) is 0 Å². The number of ether oxygens (including phenoxy) is 3. The molecular formula is C22H35FIN3O3. The van der Waals surface area contributed by atoms with Crippen LogP contribution in [0.1, 0.15) is 50.2 Å². The Morgan fingerprint density at radius 1 is 1.27 bits per heavy atom. The summed E-state index contributed by atoms with van der Waals surface area (Å²) in [7, 11) is 1.76. The highest BCUT2D eigenvalue weighted by Crippen LogP contribution is 2.41. The first kappa shape index (κ1) is 25.1. The SMILES string of the molecule is CCNC(=NCC1(CCOC)CCCC1)NCCc1cc(F)cc2c1OCOC2.I. The standard InChI is InChI=1S/C22H34FN3O3.HI/c1-3-24-21(26-15-22(9-11-27-2)7-4-5-8-22)25-10-6-17-12-19(23)13-18-14-28-16-29-20(17)18;/h12-13H,3-11,14-16H2,1-2H3,(H2,24,25,26);1H. The van der Waals surface area contributed by atoms with E-state index in [9.17, 15) is 4.39 Å². The summed E-state index contributed by atoms with van der Waals surface area (Å²) >= 11 is 0. The molecule has 0 unspecified atom stereocenters. The van der Waals surface area contributed by atoms with Gasteiger partial charge in [0.05, 0.1) is 6.61 Å². The van der Waals surface area contributed by atoms with Crippen molar-refractivity contribution < 1.29 is 18.6 Å². The van der Waals surface area contributed by atoms with Crippen LogP contribution in [0.25, 0.3) is 0 Å². The third-order valence-corrected chi connectivity index (χ3v) is 5.86. The van der Waals surface area contributed by atoms with E-state index in [4.69, 9.17) is 19.2 Å². The highest BCUT2D eigenvalue weighted by Gasteiger charge is 2.33. The maximum absolute atomic E-state index is 13.9. The Balaban J connectivity index is 0.00000320. The zero-order chi connectivity index (χ0) is 20.5. The van der Waals surface area contributed by atoms with Gasteiger partial charge >= 0.3 is 0 Å². The van der Waals surface area contributed by atoms with E-state index < -0.39 is 0 Å². The molecule has 3 rings (SSSR count). The number of fused-ring (bicyclic) bond motifs is 1. The molecule has 170 valence electrons. The molecule has 1 heterocycles. The van der Waals surface area contributed by atoms with Gasteiger partial charge in [-0.1, -0.05) is 12.8 Å². The molecular weight excluding hydrogens is 500 g/mol. The number of hydrogen-bond donors (Lipinski definition) is 2. The van der Waals surface area contributed by atoms with Crippen LogP contribution in [0.5, 0.6) is 5.75 Å². The van der Waals surface area contributed by atoms with Crippen LogP contribution in [0.2, 0.25) is 0 Å². The van der Waals surface area contributed by atoms with Crippen molar-refractivity contribution in [1.82, 2.24) is 10.6 Å². The average Bonchev–Trinajstić information content (AvgIpc) is 3.19. The number of rotatable bonds is 9. The van der Waals surface area contributed by atoms with Crippen LogP contribution in [0, 0.1) is 11.2 Å². The monoisotopic (exact) mass is 535 g/mol. The normalized spacial score (nSPS) is 17.6. The van der Waals surface area contributed by atoms with E-state index in [2.05, 4.69) is 17.6 Å². The number of hydrogen-bond acceptors (Lipinski definition) is 4. The molecule has 0 radical (unpaired) electrons. The van der Waals surface area contributed by atoms with E-state index >= 15 is 0 Å². The van der Waals surface area contributed by atoms with E-state index in [1.165, 1.54) is 31.7 Å². The summed E-state index contributed by atoms with van der Waals surface area (Å²) in [4.78, 5) is 4.87.